The first kappa shape index (κ1) is 39.6. The summed E-state index contributed by atoms with van der Waals surface area (Å²) in [4.78, 5) is 6.08. The number of hydrogen-bond acceptors (Lipinski definition) is 2. The topological polar surface area (TPSA) is 30.4 Å². The van der Waals surface area contributed by atoms with Crippen LogP contribution < -0.4 is 0 Å². The SMILES string of the molecule is CCC1=C(N=C(c2ccccc2)C(CC)C(C)c2ccc3oc4ccccc4c3c2)c2ccccc2-n2c3c1cccc3c1ccc3c(c12)C(C)C(c1ccccc1)CC1C=CC=CC31. The third kappa shape index (κ3) is 6.27. The fourth-order valence-electron chi connectivity index (χ4n) is 12.3. The number of allylic oxidation sites excluding steroid dienone is 5. The molecule has 65 heavy (non-hydrogen) atoms. The van der Waals surface area contributed by atoms with Crippen LogP contribution in [0, 0.1) is 11.8 Å². The Bertz CT molecular complexity index is 3430. The smallest absolute Gasteiger partial charge is 0.135 e. The Kier molecular flexibility index (Phi) is 9.70. The third-order valence-electron chi connectivity index (χ3n) is 15.4. The second-order valence-electron chi connectivity index (χ2n) is 18.7. The summed E-state index contributed by atoms with van der Waals surface area (Å²) < 4.78 is 8.95. The van der Waals surface area contributed by atoms with Crippen molar-refractivity contribution in [1.29, 1.82) is 0 Å². The van der Waals surface area contributed by atoms with Gasteiger partial charge in [0.2, 0.25) is 0 Å². The van der Waals surface area contributed by atoms with E-state index in [1.165, 1.54) is 77.4 Å². The number of aromatic nitrogens is 1. The van der Waals surface area contributed by atoms with Crippen molar-refractivity contribution >= 4 is 60.7 Å². The van der Waals surface area contributed by atoms with E-state index in [1.54, 1.807) is 0 Å². The summed E-state index contributed by atoms with van der Waals surface area (Å²) in [7, 11) is 0. The first-order valence-electron chi connectivity index (χ1n) is 23.9. The molecule has 3 heteroatoms. The maximum absolute atomic E-state index is 6.29. The molecule has 2 aromatic heterocycles. The van der Waals surface area contributed by atoms with Crippen LogP contribution in [-0.4, -0.2) is 10.3 Å². The summed E-state index contributed by atoms with van der Waals surface area (Å²) >= 11 is 0. The molecular weight excluding hydrogens is 789 g/mol. The van der Waals surface area contributed by atoms with Crippen molar-refractivity contribution in [1.82, 2.24) is 4.57 Å². The highest BCUT2D eigenvalue weighted by molar-refractivity contribution is 6.18. The molecule has 0 fully saturated rings. The maximum Gasteiger partial charge on any atom is 0.135 e. The van der Waals surface area contributed by atoms with Crippen molar-refractivity contribution < 1.29 is 4.42 Å². The molecule has 0 spiro atoms. The largest absolute Gasteiger partial charge is 0.456 e. The Labute approximate surface area is 382 Å². The van der Waals surface area contributed by atoms with Crippen molar-refractivity contribution in [3.05, 3.63) is 221 Å². The Hall–Kier alpha value is -6.97. The van der Waals surface area contributed by atoms with Crippen molar-refractivity contribution in [3.8, 4) is 5.69 Å². The predicted molar refractivity (Wildman–Crippen MR) is 274 cm³/mol. The van der Waals surface area contributed by atoms with Gasteiger partial charge in [-0.15, -0.1) is 0 Å². The second kappa shape index (κ2) is 15.9. The van der Waals surface area contributed by atoms with Gasteiger partial charge in [-0.1, -0.05) is 185 Å². The van der Waals surface area contributed by atoms with E-state index >= 15 is 0 Å². The summed E-state index contributed by atoms with van der Waals surface area (Å²) in [5.41, 5.74) is 18.5. The number of benzene rings is 7. The fourth-order valence-corrected chi connectivity index (χ4v) is 12.3. The number of aliphatic imine (C=N–C) groups is 1. The molecule has 7 aromatic carbocycles. The summed E-state index contributed by atoms with van der Waals surface area (Å²) in [5.74, 6) is 1.74. The van der Waals surface area contributed by atoms with Crippen LogP contribution in [0.15, 0.2) is 191 Å². The number of nitrogens with zero attached hydrogens (tertiary/aromatic N) is 2. The van der Waals surface area contributed by atoms with E-state index in [9.17, 15) is 0 Å². The molecule has 3 nitrogen and oxygen atoms in total. The van der Waals surface area contributed by atoms with Crippen LogP contribution >= 0.6 is 0 Å². The van der Waals surface area contributed by atoms with Crippen molar-refractivity contribution in [2.24, 2.45) is 16.8 Å². The number of hydrogen-bond donors (Lipinski definition) is 0. The molecule has 0 radical (unpaired) electrons. The van der Waals surface area contributed by atoms with Crippen LogP contribution in [0.25, 0.3) is 60.7 Å². The second-order valence-corrected chi connectivity index (χ2v) is 18.7. The highest BCUT2D eigenvalue weighted by Gasteiger charge is 2.38. The first-order valence-corrected chi connectivity index (χ1v) is 23.9. The first-order chi connectivity index (χ1) is 32.0. The lowest BCUT2D eigenvalue weighted by molar-refractivity contribution is 0.457. The van der Waals surface area contributed by atoms with Gasteiger partial charge in [0.1, 0.15) is 11.2 Å². The maximum atomic E-state index is 6.29. The van der Waals surface area contributed by atoms with Gasteiger partial charge in [-0.25, -0.2) is 0 Å². The molecule has 318 valence electrons. The molecule has 0 bridgehead atoms. The fraction of sp³-hybridized carbons (Fsp3) is 0.210. The highest BCUT2D eigenvalue weighted by Crippen LogP contribution is 2.54. The van der Waals surface area contributed by atoms with E-state index in [0.717, 1.165) is 47.2 Å². The molecule has 3 aliphatic rings. The molecule has 12 rings (SSSR count). The molecule has 6 unspecified atom stereocenters. The van der Waals surface area contributed by atoms with E-state index in [0.29, 0.717) is 17.8 Å². The number of furan rings is 1. The zero-order chi connectivity index (χ0) is 43.8. The standard InChI is InChI=1S/C62H54N2O/c1-5-44(38(3)42-32-35-57-54(36-42)47-26-16-18-31-56(47)65-57)59(41-22-11-8-12-23-41)63-60-45(6-2)49-28-19-29-50-51-34-33-48-46-25-14-13-24-43(46)37-53(40-20-9-7-10-21-40)39(4)58(48)62(51)64(61(49)50)55-30-17-15-27-52(55)60/h7-36,38-39,43-44,46,53H,5-6,37H2,1-4H3. The number of fused-ring (bicyclic) bond motifs is 12. The van der Waals surface area contributed by atoms with Crippen molar-refractivity contribution in [2.45, 2.75) is 70.6 Å². The number of para-hydroxylation sites is 3. The lowest BCUT2D eigenvalue weighted by Crippen LogP contribution is -2.22. The molecule has 1 aliphatic heterocycles. The summed E-state index contributed by atoms with van der Waals surface area (Å²) in [6.45, 7) is 9.55. The molecule has 2 aliphatic carbocycles. The van der Waals surface area contributed by atoms with E-state index in [2.05, 4.69) is 208 Å². The van der Waals surface area contributed by atoms with Crippen LogP contribution in [0.1, 0.15) is 110 Å². The van der Waals surface area contributed by atoms with E-state index in [-0.39, 0.29) is 17.8 Å². The lowest BCUT2D eigenvalue weighted by atomic mass is 9.78. The van der Waals surface area contributed by atoms with E-state index < -0.39 is 0 Å². The minimum atomic E-state index is 0.140. The minimum Gasteiger partial charge on any atom is -0.456 e. The Balaban J connectivity index is 1.10. The van der Waals surface area contributed by atoms with Gasteiger partial charge in [0, 0.05) is 44.5 Å². The van der Waals surface area contributed by atoms with Gasteiger partial charge in [-0.05, 0) is 101 Å². The zero-order valence-corrected chi connectivity index (χ0v) is 37.7. The van der Waals surface area contributed by atoms with Crippen molar-refractivity contribution in [2.75, 3.05) is 0 Å². The predicted octanol–water partition coefficient (Wildman–Crippen LogP) is 16.7. The Morgan fingerprint density at radius 3 is 2.22 bits per heavy atom. The average molecular weight is 843 g/mol. The third-order valence-corrected chi connectivity index (χ3v) is 15.4. The molecule has 0 saturated heterocycles. The van der Waals surface area contributed by atoms with Crippen LogP contribution in [-0.2, 0) is 0 Å². The molecule has 0 amide bonds. The lowest BCUT2D eigenvalue weighted by Gasteiger charge is -2.27. The summed E-state index contributed by atoms with van der Waals surface area (Å²) in [5, 5.41) is 4.97. The van der Waals surface area contributed by atoms with Gasteiger partial charge in [-0.2, -0.15) is 0 Å². The van der Waals surface area contributed by atoms with E-state index in [1.807, 2.05) is 6.07 Å². The molecule has 3 heterocycles. The molecule has 9 aromatic rings. The van der Waals surface area contributed by atoms with Crippen LogP contribution in [0.5, 0.6) is 0 Å². The quantitative estimate of drug-likeness (QED) is 0.140. The Morgan fingerprint density at radius 1 is 0.677 bits per heavy atom. The van der Waals surface area contributed by atoms with E-state index in [4.69, 9.17) is 9.41 Å². The molecule has 0 saturated carbocycles. The summed E-state index contributed by atoms with van der Waals surface area (Å²) in [6.07, 6.45) is 12.4. The normalized spacial score (nSPS) is 20.2. The molecule has 6 atom stereocenters. The minimum absolute atomic E-state index is 0.140. The van der Waals surface area contributed by atoms with Gasteiger partial charge >= 0.3 is 0 Å². The zero-order valence-electron chi connectivity index (χ0n) is 37.7. The Morgan fingerprint density at radius 2 is 1.38 bits per heavy atom. The van der Waals surface area contributed by atoms with Crippen molar-refractivity contribution in [3.63, 3.8) is 0 Å². The van der Waals surface area contributed by atoms with Crippen LogP contribution in [0.4, 0.5) is 0 Å². The van der Waals surface area contributed by atoms with Crippen LogP contribution in [0.2, 0.25) is 0 Å². The van der Waals surface area contributed by atoms with Crippen LogP contribution in [0.3, 0.4) is 0 Å². The monoisotopic (exact) mass is 842 g/mol. The number of rotatable bonds is 8. The molecular formula is C62H54N2O. The van der Waals surface area contributed by atoms with Gasteiger partial charge in [0.05, 0.1) is 28.1 Å². The van der Waals surface area contributed by atoms with Gasteiger partial charge in [0.25, 0.3) is 0 Å². The average Bonchev–Trinajstić information content (AvgIpc) is 3.83. The summed E-state index contributed by atoms with van der Waals surface area (Å²) in [6, 6.07) is 58.5. The molecule has 0 N–H and O–H groups in total. The van der Waals surface area contributed by atoms with Gasteiger partial charge in [-0.3, -0.25) is 4.99 Å². The van der Waals surface area contributed by atoms with Gasteiger partial charge in [0.15, 0.2) is 0 Å². The highest BCUT2D eigenvalue weighted by atomic mass is 16.3. The van der Waals surface area contributed by atoms with Gasteiger partial charge < -0.3 is 8.98 Å².